The molecule has 1 aromatic carbocycles. The molecule has 1 atom stereocenters. The number of rotatable bonds is 6. The quantitative estimate of drug-likeness (QED) is 0.874. The Morgan fingerprint density at radius 1 is 1.23 bits per heavy atom. The molecule has 0 amide bonds. The summed E-state index contributed by atoms with van der Waals surface area (Å²) in [7, 11) is 1.60. The fourth-order valence-corrected chi connectivity index (χ4v) is 3.78. The molecule has 1 unspecified atom stereocenters. The van der Waals surface area contributed by atoms with E-state index in [1.54, 1.807) is 7.11 Å². The van der Waals surface area contributed by atoms with Gasteiger partial charge in [-0.1, -0.05) is 43.7 Å². The largest absolute Gasteiger partial charge is 0.385 e. The molecular weight excluding hydrogens is 276 g/mol. The molecule has 3 heteroatoms. The van der Waals surface area contributed by atoms with Crippen molar-refractivity contribution in [1.82, 2.24) is 0 Å². The second kappa shape index (κ2) is 5.64. The Balaban J connectivity index is 2.09. The molecule has 1 aromatic rings. The van der Waals surface area contributed by atoms with Crippen molar-refractivity contribution in [3.63, 3.8) is 0 Å². The number of ether oxygens (including phenoxy) is 1. The lowest BCUT2D eigenvalue weighted by atomic mass is 9.57. The minimum Gasteiger partial charge on any atom is -0.385 e. The fourth-order valence-electron chi connectivity index (χ4n) is 3.78. The molecule has 118 valence electrons. The van der Waals surface area contributed by atoms with E-state index in [2.05, 4.69) is 6.92 Å². The molecular formula is C19H24O3. The van der Waals surface area contributed by atoms with E-state index in [0.717, 1.165) is 36.8 Å². The van der Waals surface area contributed by atoms with E-state index >= 15 is 0 Å². The van der Waals surface area contributed by atoms with Crippen molar-refractivity contribution in [1.29, 1.82) is 0 Å². The average Bonchev–Trinajstić information content (AvgIpc) is 2.51. The molecule has 0 spiro atoms. The topological polar surface area (TPSA) is 46.5 Å². The summed E-state index contributed by atoms with van der Waals surface area (Å²) in [5.41, 5.74) is 0.627. The van der Waals surface area contributed by atoms with Gasteiger partial charge < -0.3 is 9.84 Å². The highest BCUT2D eigenvalue weighted by molar-refractivity contribution is 6.14. The van der Waals surface area contributed by atoms with Gasteiger partial charge in [0.2, 0.25) is 5.78 Å². The summed E-state index contributed by atoms with van der Waals surface area (Å²) in [6.07, 6.45) is 5.23. The van der Waals surface area contributed by atoms with E-state index < -0.39 is 11.2 Å². The van der Waals surface area contributed by atoms with Crippen molar-refractivity contribution in [3.8, 4) is 0 Å². The summed E-state index contributed by atoms with van der Waals surface area (Å²) >= 11 is 0. The fraction of sp³-hybridized carbons (Fsp3) is 0.526. The minimum atomic E-state index is -0.975. The van der Waals surface area contributed by atoms with Crippen LogP contribution in [0.1, 0.15) is 51.0 Å². The number of unbranched alkanes of at least 4 members (excludes halogenated alkanes) is 1. The van der Waals surface area contributed by atoms with Gasteiger partial charge in [-0.15, -0.1) is 0 Å². The van der Waals surface area contributed by atoms with Gasteiger partial charge in [0.25, 0.3) is 0 Å². The molecule has 0 aliphatic heterocycles. The normalized spacial score (nSPS) is 26.6. The zero-order chi connectivity index (χ0) is 15.8. The Bertz CT molecular complexity index is 598. The van der Waals surface area contributed by atoms with E-state index in [4.69, 9.17) is 4.74 Å². The Kier molecular flexibility index (Phi) is 3.96. The highest BCUT2D eigenvalue weighted by Crippen LogP contribution is 2.55. The Hall–Kier alpha value is -1.45. The highest BCUT2D eigenvalue weighted by Gasteiger charge is 2.61. The molecule has 22 heavy (non-hydrogen) atoms. The van der Waals surface area contributed by atoms with Crippen molar-refractivity contribution in [3.05, 3.63) is 47.0 Å². The van der Waals surface area contributed by atoms with E-state index in [-0.39, 0.29) is 5.78 Å². The summed E-state index contributed by atoms with van der Waals surface area (Å²) in [5.74, 6) is -0.0468. The summed E-state index contributed by atoms with van der Waals surface area (Å²) in [5, 5.41) is 10.7. The molecule has 1 fully saturated rings. The first kappa shape index (κ1) is 15.4. The number of hydrogen-bond donors (Lipinski definition) is 1. The van der Waals surface area contributed by atoms with Gasteiger partial charge in [0.1, 0.15) is 0 Å². The van der Waals surface area contributed by atoms with Crippen LogP contribution in [0.5, 0.6) is 0 Å². The molecule has 2 aliphatic rings. The molecule has 0 heterocycles. The van der Waals surface area contributed by atoms with Gasteiger partial charge in [-0.05, 0) is 43.2 Å². The predicted octanol–water partition coefficient (Wildman–Crippen LogP) is 3.51. The van der Waals surface area contributed by atoms with Gasteiger partial charge >= 0.3 is 0 Å². The maximum Gasteiger partial charge on any atom is 0.202 e. The van der Waals surface area contributed by atoms with Crippen LogP contribution in [-0.4, -0.2) is 23.6 Å². The van der Waals surface area contributed by atoms with Crippen LogP contribution in [0.25, 0.3) is 0 Å². The number of ketones is 1. The zero-order valence-electron chi connectivity index (χ0n) is 13.4. The van der Waals surface area contributed by atoms with Crippen molar-refractivity contribution in [2.45, 2.75) is 56.7 Å². The Morgan fingerprint density at radius 2 is 1.91 bits per heavy atom. The highest BCUT2D eigenvalue weighted by atomic mass is 16.5. The van der Waals surface area contributed by atoms with Crippen LogP contribution in [0.3, 0.4) is 0 Å². The lowest BCUT2D eigenvalue weighted by molar-refractivity contribution is -0.145. The van der Waals surface area contributed by atoms with Crippen molar-refractivity contribution in [2.75, 3.05) is 7.11 Å². The van der Waals surface area contributed by atoms with Gasteiger partial charge in [-0.2, -0.15) is 0 Å². The third-order valence-electron chi connectivity index (χ3n) is 5.19. The summed E-state index contributed by atoms with van der Waals surface area (Å²) in [4.78, 5) is 13.0. The van der Waals surface area contributed by atoms with E-state index in [1.165, 1.54) is 0 Å². The molecule has 0 radical (unpaired) electrons. The van der Waals surface area contributed by atoms with Gasteiger partial charge in [-0.25, -0.2) is 0 Å². The molecule has 1 saturated carbocycles. The monoisotopic (exact) mass is 300 g/mol. The second-order valence-electron chi connectivity index (χ2n) is 6.42. The average molecular weight is 300 g/mol. The van der Waals surface area contributed by atoms with Gasteiger partial charge in [0, 0.05) is 12.7 Å². The minimum absolute atomic E-state index is 0.0468. The van der Waals surface area contributed by atoms with Crippen molar-refractivity contribution >= 4 is 5.78 Å². The number of methoxy groups -OCH3 is 1. The van der Waals surface area contributed by atoms with Gasteiger partial charge in [0.05, 0.1) is 5.60 Å². The molecule has 0 aromatic heterocycles. The van der Waals surface area contributed by atoms with Crippen LogP contribution in [0.4, 0.5) is 0 Å². The number of hydrogen-bond acceptors (Lipinski definition) is 3. The summed E-state index contributed by atoms with van der Waals surface area (Å²) < 4.78 is 5.76. The van der Waals surface area contributed by atoms with E-state index in [9.17, 15) is 9.90 Å². The first-order valence-corrected chi connectivity index (χ1v) is 8.22. The van der Waals surface area contributed by atoms with Gasteiger partial charge in [-0.3, -0.25) is 4.79 Å². The lowest BCUT2D eigenvalue weighted by Crippen LogP contribution is -2.58. The van der Waals surface area contributed by atoms with E-state index in [0.29, 0.717) is 18.4 Å². The van der Waals surface area contributed by atoms with Gasteiger partial charge in [0.15, 0.2) is 5.60 Å². The summed E-state index contributed by atoms with van der Waals surface area (Å²) in [6, 6.07) is 9.67. The zero-order valence-corrected chi connectivity index (χ0v) is 13.4. The molecule has 1 N–H and O–H groups in total. The number of Topliss-reactive ketones (excluding diaryl/α,β-unsaturated/α-hetero) is 1. The number of benzene rings is 1. The second-order valence-corrected chi connectivity index (χ2v) is 6.42. The Morgan fingerprint density at radius 3 is 2.41 bits per heavy atom. The SMILES string of the molecule is CCCCC1=C(C2(O)CCC2)C(=O)C1(OC)c1ccccc1. The molecule has 3 rings (SSSR count). The maximum absolute atomic E-state index is 13.0. The van der Waals surface area contributed by atoms with Crippen LogP contribution in [0.15, 0.2) is 41.5 Å². The van der Waals surface area contributed by atoms with Crippen LogP contribution in [0.2, 0.25) is 0 Å². The van der Waals surface area contributed by atoms with Crippen LogP contribution >= 0.6 is 0 Å². The van der Waals surface area contributed by atoms with Crippen molar-refractivity contribution < 1.29 is 14.6 Å². The number of carbonyl (C=O) groups is 1. The standard InChI is InChI=1S/C19H24O3/c1-3-4-11-15-16(18(21)12-8-13-18)17(20)19(15,22-2)14-9-6-5-7-10-14/h5-7,9-10,21H,3-4,8,11-13H2,1-2H3. The lowest BCUT2D eigenvalue weighted by Gasteiger charge is -2.51. The van der Waals surface area contributed by atoms with Crippen LogP contribution in [0, 0.1) is 0 Å². The van der Waals surface area contributed by atoms with Crippen LogP contribution in [-0.2, 0) is 15.1 Å². The smallest absolute Gasteiger partial charge is 0.202 e. The summed E-state index contributed by atoms with van der Waals surface area (Å²) in [6.45, 7) is 2.13. The first-order valence-electron chi connectivity index (χ1n) is 8.22. The maximum atomic E-state index is 13.0. The number of aliphatic hydroxyl groups is 1. The molecule has 0 bridgehead atoms. The molecule has 2 aliphatic carbocycles. The van der Waals surface area contributed by atoms with Crippen molar-refractivity contribution in [2.24, 2.45) is 0 Å². The van der Waals surface area contributed by atoms with E-state index in [1.807, 2.05) is 30.3 Å². The number of carbonyl (C=O) groups excluding carboxylic acids is 1. The Labute approximate surface area is 132 Å². The first-order chi connectivity index (χ1) is 10.6. The van der Waals surface area contributed by atoms with Crippen LogP contribution < -0.4 is 0 Å². The predicted molar refractivity (Wildman–Crippen MR) is 85.5 cm³/mol. The molecule has 0 saturated heterocycles. The molecule has 3 nitrogen and oxygen atoms in total. The third kappa shape index (κ3) is 1.99. The third-order valence-corrected chi connectivity index (χ3v) is 5.19.